The minimum atomic E-state index is -0.0668. The summed E-state index contributed by atoms with van der Waals surface area (Å²) in [5, 5.41) is 6.57. The average Bonchev–Trinajstić information content (AvgIpc) is 2.29. The number of hydrogen-bond donors (Lipinski definition) is 2. The molecule has 20 heavy (non-hydrogen) atoms. The Bertz CT molecular complexity index is 588. The van der Waals surface area contributed by atoms with Gasteiger partial charge in [0.05, 0.1) is 0 Å². The maximum Gasteiger partial charge on any atom is 0.225 e. The zero-order chi connectivity index (χ0) is 14.8. The zero-order valence-corrected chi connectivity index (χ0v) is 13.7. The van der Waals surface area contributed by atoms with Crippen molar-refractivity contribution in [3.63, 3.8) is 0 Å². The number of hydrogen-bond acceptors (Lipinski definition) is 4. The molecule has 0 amide bonds. The Morgan fingerprint density at radius 3 is 2.30 bits per heavy atom. The van der Waals surface area contributed by atoms with Gasteiger partial charge in [-0.1, -0.05) is 15.9 Å². The van der Waals surface area contributed by atoms with E-state index in [0.717, 1.165) is 21.7 Å². The molecular weight excluding hydrogens is 316 g/mol. The van der Waals surface area contributed by atoms with Gasteiger partial charge in [0.2, 0.25) is 5.95 Å². The monoisotopic (exact) mass is 334 g/mol. The Morgan fingerprint density at radius 2 is 1.70 bits per heavy atom. The first kappa shape index (κ1) is 14.8. The minimum Gasteiger partial charge on any atom is -0.350 e. The number of anilines is 3. The van der Waals surface area contributed by atoms with Crippen molar-refractivity contribution in [2.45, 2.75) is 33.2 Å². The third-order valence-corrected chi connectivity index (χ3v) is 2.99. The highest BCUT2D eigenvalue weighted by Gasteiger charge is 2.12. The van der Waals surface area contributed by atoms with Crippen LogP contribution >= 0.6 is 15.9 Å². The number of rotatable bonds is 3. The highest BCUT2D eigenvalue weighted by atomic mass is 79.9. The molecule has 1 heterocycles. The standard InChI is InChI=1S/C15H19BrN4/c1-10-9-13(18-12-7-5-11(16)6-8-12)19-14(17-10)20-15(2,3)4/h5-9H,1-4H3,(H2,17,18,19,20). The maximum absolute atomic E-state index is 4.49. The van der Waals surface area contributed by atoms with E-state index in [0.29, 0.717) is 5.95 Å². The minimum absolute atomic E-state index is 0.0668. The van der Waals surface area contributed by atoms with Gasteiger partial charge in [-0.25, -0.2) is 4.98 Å². The second kappa shape index (κ2) is 5.79. The van der Waals surface area contributed by atoms with Crippen molar-refractivity contribution < 1.29 is 0 Å². The van der Waals surface area contributed by atoms with E-state index in [2.05, 4.69) is 57.3 Å². The molecule has 0 unspecified atom stereocenters. The van der Waals surface area contributed by atoms with Crippen LogP contribution in [-0.4, -0.2) is 15.5 Å². The number of halogens is 1. The zero-order valence-electron chi connectivity index (χ0n) is 12.2. The van der Waals surface area contributed by atoms with Crippen LogP contribution in [0.4, 0.5) is 17.5 Å². The molecular formula is C15H19BrN4. The lowest BCUT2D eigenvalue weighted by atomic mass is 10.1. The van der Waals surface area contributed by atoms with Crippen molar-refractivity contribution >= 4 is 33.4 Å². The van der Waals surface area contributed by atoms with Gasteiger partial charge in [0, 0.05) is 27.5 Å². The summed E-state index contributed by atoms with van der Waals surface area (Å²) < 4.78 is 1.05. The lowest BCUT2D eigenvalue weighted by molar-refractivity contribution is 0.625. The molecule has 2 N–H and O–H groups in total. The van der Waals surface area contributed by atoms with E-state index in [4.69, 9.17) is 0 Å². The van der Waals surface area contributed by atoms with Crippen LogP contribution in [0.15, 0.2) is 34.8 Å². The average molecular weight is 335 g/mol. The second-order valence-electron chi connectivity index (χ2n) is 5.73. The lowest BCUT2D eigenvalue weighted by Crippen LogP contribution is -2.27. The first-order valence-corrected chi connectivity index (χ1v) is 7.28. The van der Waals surface area contributed by atoms with E-state index in [1.807, 2.05) is 37.3 Å². The Balaban J connectivity index is 2.21. The van der Waals surface area contributed by atoms with Gasteiger partial charge in [-0.2, -0.15) is 4.98 Å². The number of nitrogens with zero attached hydrogens (tertiary/aromatic N) is 2. The van der Waals surface area contributed by atoms with Gasteiger partial charge in [-0.15, -0.1) is 0 Å². The van der Waals surface area contributed by atoms with Gasteiger partial charge in [0.25, 0.3) is 0 Å². The lowest BCUT2D eigenvalue weighted by Gasteiger charge is -2.21. The SMILES string of the molecule is Cc1cc(Nc2ccc(Br)cc2)nc(NC(C)(C)C)n1. The van der Waals surface area contributed by atoms with E-state index < -0.39 is 0 Å². The van der Waals surface area contributed by atoms with E-state index in [9.17, 15) is 0 Å². The largest absolute Gasteiger partial charge is 0.350 e. The summed E-state index contributed by atoms with van der Waals surface area (Å²) >= 11 is 3.42. The molecule has 4 nitrogen and oxygen atoms in total. The molecule has 0 bridgehead atoms. The molecule has 0 fully saturated rings. The van der Waals surface area contributed by atoms with Crippen LogP contribution in [0.5, 0.6) is 0 Å². The summed E-state index contributed by atoms with van der Waals surface area (Å²) in [6.45, 7) is 8.21. The third kappa shape index (κ3) is 4.49. The summed E-state index contributed by atoms with van der Waals surface area (Å²) in [4.78, 5) is 8.90. The first-order valence-electron chi connectivity index (χ1n) is 6.48. The van der Waals surface area contributed by atoms with Crippen LogP contribution in [0.1, 0.15) is 26.5 Å². The number of nitrogens with one attached hydrogen (secondary N) is 2. The highest BCUT2D eigenvalue weighted by Crippen LogP contribution is 2.20. The van der Waals surface area contributed by atoms with Gasteiger partial charge in [0.1, 0.15) is 5.82 Å². The first-order chi connectivity index (χ1) is 9.32. The van der Waals surface area contributed by atoms with Crippen LogP contribution in [0, 0.1) is 6.92 Å². The van der Waals surface area contributed by atoms with Gasteiger partial charge < -0.3 is 10.6 Å². The van der Waals surface area contributed by atoms with Crippen LogP contribution in [0.25, 0.3) is 0 Å². The van der Waals surface area contributed by atoms with E-state index in [-0.39, 0.29) is 5.54 Å². The fourth-order valence-corrected chi connectivity index (χ4v) is 1.97. The quantitative estimate of drug-likeness (QED) is 0.867. The molecule has 0 spiro atoms. The maximum atomic E-state index is 4.49. The normalized spacial score (nSPS) is 11.2. The predicted molar refractivity (Wildman–Crippen MR) is 87.6 cm³/mol. The van der Waals surface area contributed by atoms with Crippen molar-refractivity contribution in [3.8, 4) is 0 Å². The number of aryl methyl sites for hydroxylation is 1. The molecule has 0 aliphatic heterocycles. The van der Waals surface area contributed by atoms with Crippen molar-refractivity contribution in [2.75, 3.05) is 10.6 Å². The Hall–Kier alpha value is -1.62. The molecule has 5 heteroatoms. The predicted octanol–water partition coefficient (Wildman–Crippen LogP) is 4.50. The third-order valence-electron chi connectivity index (χ3n) is 2.46. The molecule has 2 aromatic rings. The van der Waals surface area contributed by atoms with E-state index >= 15 is 0 Å². The number of aromatic nitrogens is 2. The van der Waals surface area contributed by atoms with Gasteiger partial charge in [0.15, 0.2) is 0 Å². The van der Waals surface area contributed by atoms with Gasteiger partial charge >= 0.3 is 0 Å². The Kier molecular flexibility index (Phi) is 4.28. The van der Waals surface area contributed by atoms with Crippen molar-refractivity contribution in [1.29, 1.82) is 0 Å². The van der Waals surface area contributed by atoms with Gasteiger partial charge in [-0.05, 0) is 52.0 Å². The molecule has 0 saturated heterocycles. The topological polar surface area (TPSA) is 49.8 Å². The van der Waals surface area contributed by atoms with Crippen molar-refractivity contribution in [3.05, 3.63) is 40.5 Å². The molecule has 0 aliphatic carbocycles. The summed E-state index contributed by atoms with van der Waals surface area (Å²) in [5.74, 6) is 1.42. The van der Waals surface area contributed by atoms with Crippen LogP contribution < -0.4 is 10.6 Å². The van der Waals surface area contributed by atoms with Crippen LogP contribution in [0.2, 0.25) is 0 Å². The van der Waals surface area contributed by atoms with Crippen molar-refractivity contribution in [2.24, 2.45) is 0 Å². The van der Waals surface area contributed by atoms with E-state index in [1.54, 1.807) is 0 Å². The Morgan fingerprint density at radius 1 is 1.05 bits per heavy atom. The van der Waals surface area contributed by atoms with Crippen LogP contribution in [0.3, 0.4) is 0 Å². The van der Waals surface area contributed by atoms with Gasteiger partial charge in [-0.3, -0.25) is 0 Å². The molecule has 0 radical (unpaired) electrons. The summed E-state index contributed by atoms with van der Waals surface area (Å²) in [7, 11) is 0. The molecule has 0 atom stereocenters. The summed E-state index contributed by atoms with van der Waals surface area (Å²) in [6, 6.07) is 9.90. The van der Waals surface area contributed by atoms with Crippen molar-refractivity contribution in [1.82, 2.24) is 9.97 Å². The van der Waals surface area contributed by atoms with E-state index in [1.165, 1.54) is 0 Å². The van der Waals surface area contributed by atoms with Crippen LogP contribution in [-0.2, 0) is 0 Å². The molecule has 0 saturated carbocycles. The molecule has 2 rings (SSSR count). The molecule has 1 aromatic carbocycles. The highest BCUT2D eigenvalue weighted by molar-refractivity contribution is 9.10. The molecule has 106 valence electrons. The molecule has 0 aliphatic rings. The summed E-state index contributed by atoms with van der Waals surface area (Å²) in [6.07, 6.45) is 0. The smallest absolute Gasteiger partial charge is 0.225 e. The Labute approximate surface area is 128 Å². The fraction of sp³-hybridized carbons (Fsp3) is 0.333. The number of benzene rings is 1. The second-order valence-corrected chi connectivity index (χ2v) is 6.64. The molecule has 1 aromatic heterocycles. The summed E-state index contributed by atoms with van der Waals surface area (Å²) in [5.41, 5.74) is 1.85. The fourth-order valence-electron chi connectivity index (χ4n) is 1.71.